The van der Waals surface area contributed by atoms with Gasteiger partial charge >= 0.3 is 11.9 Å². The Morgan fingerprint density at radius 1 is 1.31 bits per heavy atom. The van der Waals surface area contributed by atoms with E-state index in [4.69, 9.17) is 14.2 Å². The molecule has 0 amide bonds. The molecule has 1 aliphatic heterocycles. The Balaban J connectivity index is 2.50. The van der Waals surface area contributed by atoms with Crippen LogP contribution in [0.5, 0.6) is 0 Å². The lowest BCUT2D eigenvalue weighted by atomic mass is 10.1. The fourth-order valence-electron chi connectivity index (χ4n) is 1.54. The quantitative estimate of drug-likeness (QED) is 0.688. The molecular weight excluding hydrogens is 216 g/mol. The molecule has 1 fully saturated rings. The highest BCUT2D eigenvalue weighted by Crippen LogP contribution is 2.21. The first-order valence-corrected chi connectivity index (χ1v) is 5.13. The second kappa shape index (κ2) is 5.81. The van der Waals surface area contributed by atoms with E-state index < -0.39 is 30.4 Å². The van der Waals surface area contributed by atoms with E-state index in [2.05, 4.69) is 0 Å². The van der Waals surface area contributed by atoms with Gasteiger partial charge in [0.1, 0.15) is 18.8 Å². The Morgan fingerprint density at radius 2 is 2.00 bits per heavy atom. The van der Waals surface area contributed by atoms with Crippen LogP contribution in [0.2, 0.25) is 0 Å². The van der Waals surface area contributed by atoms with Gasteiger partial charge in [0.05, 0.1) is 0 Å². The van der Waals surface area contributed by atoms with Gasteiger partial charge in [0, 0.05) is 20.3 Å². The lowest BCUT2D eigenvalue weighted by Crippen LogP contribution is -2.44. The summed E-state index contributed by atoms with van der Waals surface area (Å²) in [6, 6.07) is 0. The molecule has 16 heavy (non-hydrogen) atoms. The van der Waals surface area contributed by atoms with Crippen molar-refractivity contribution >= 4 is 11.9 Å². The van der Waals surface area contributed by atoms with Gasteiger partial charge in [-0.25, -0.2) is 0 Å². The van der Waals surface area contributed by atoms with E-state index in [9.17, 15) is 14.7 Å². The summed E-state index contributed by atoms with van der Waals surface area (Å²) >= 11 is 0. The Hall–Kier alpha value is -1.14. The molecule has 6 heteroatoms. The van der Waals surface area contributed by atoms with Crippen LogP contribution in [0, 0.1) is 0 Å². The van der Waals surface area contributed by atoms with E-state index in [1.807, 2.05) is 0 Å². The van der Waals surface area contributed by atoms with Crippen LogP contribution in [0.15, 0.2) is 0 Å². The number of carbonyl (C=O) groups is 2. The van der Waals surface area contributed by atoms with Crippen molar-refractivity contribution in [3.05, 3.63) is 0 Å². The zero-order valence-electron chi connectivity index (χ0n) is 9.34. The van der Waals surface area contributed by atoms with Gasteiger partial charge in [-0.3, -0.25) is 9.59 Å². The summed E-state index contributed by atoms with van der Waals surface area (Å²) in [5.41, 5.74) is 0. The molecule has 1 N–H and O–H groups in total. The van der Waals surface area contributed by atoms with E-state index in [0.29, 0.717) is 12.8 Å². The minimum absolute atomic E-state index is 0.0235. The Labute approximate surface area is 93.5 Å². The Morgan fingerprint density at radius 3 is 2.56 bits per heavy atom. The predicted molar refractivity (Wildman–Crippen MR) is 52.3 cm³/mol. The maximum absolute atomic E-state index is 10.8. The SMILES string of the molecule is CC(=O)OCC1OC(O)CCC1OC(C)=O. The molecule has 1 saturated heterocycles. The number of hydrogen-bond acceptors (Lipinski definition) is 6. The number of aliphatic hydroxyl groups excluding tert-OH is 1. The van der Waals surface area contributed by atoms with Crippen LogP contribution in [-0.4, -0.2) is 42.1 Å². The van der Waals surface area contributed by atoms with Crippen molar-refractivity contribution in [1.82, 2.24) is 0 Å². The molecule has 6 nitrogen and oxygen atoms in total. The minimum atomic E-state index is -0.896. The maximum atomic E-state index is 10.8. The molecule has 0 aromatic rings. The van der Waals surface area contributed by atoms with Crippen molar-refractivity contribution < 1.29 is 28.9 Å². The minimum Gasteiger partial charge on any atom is -0.463 e. The van der Waals surface area contributed by atoms with Crippen molar-refractivity contribution in [1.29, 1.82) is 0 Å². The third kappa shape index (κ3) is 4.16. The van der Waals surface area contributed by atoms with E-state index in [1.165, 1.54) is 13.8 Å². The normalized spacial score (nSPS) is 29.6. The standard InChI is InChI=1S/C10H16O6/c1-6(11)14-5-9-8(15-7(2)12)3-4-10(13)16-9/h8-10,13H,3-5H2,1-2H3. The maximum Gasteiger partial charge on any atom is 0.302 e. The van der Waals surface area contributed by atoms with Gasteiger partial charge in [-0.05, 0) is 6.42 Å². The smallest absolute Gasteiger partial charge is 0.302 e. The first kappa shape index (κ1) is 12.9. The molecule has 0 aromatic heterocycles. The average Bonchev–Trinajstić information content (AvgIpc) is 2.17. The fourth-order valence-corrected chi connectivity index (χ4v) is 1.54. The van der Waals surface area contributed by atoms with Crippen LogP contribution in [0.3, 0.4) is 0 Å². The van der Waals surface area contributed by atoms with Crippen LogP contribution >= 0.6 is 0 Å². The van der Waals surface area contributed by atoms with Crippen molar-refractivity contribution in [2.45, 2.75) is 45.2 Å². The number of esters is 2. The summed E-state index contributed by atoms with van der Waals surface area (Å²) < 4.78 is 14.9. The molecule has 0 aromatic carbocycles. The summed E-state index contributed by atoms with van der Waals surface area (Å²) in [6.45, 7) is 2.55. The number of hydrogen-bond donors (Lipinski definition) is 1. The lowest BCUT2D eigenvalue weighted by Gasteiger charge is -2.33. The van der Waals surface area contributed by atoms with Crippen molar-refractivity contribution in [3.63, 3.8) is 0 Å². The summed E-state index contributed by atoms with van der Waals surface area (Å²) in [5.74, 6) is -0.858. The van der Waals surface area contributed by atoms with E-state index in [-0.39, 0.29) is 6.61 Å². The molecule has 0 bridgehead atoms. The highest BCUT2D eigenvalue weighted by Gasteiger charge is 2.33. The first-order chi connectivity index (χ1) is 7.49. The van der Waals surface area contributed by atoms with E-state index >= 15 is 0 Å². The van der Waals surface area contributed by atoms with Crippen molar-refractivity contribution in [2.24, 2.45) is 0 Å². The number of carbonyl (C=O) groups excluding carboxylic acids is 2. The number of rotatable bonds is 3. The molecule has 0 spiro atoms. The van der Waals surface area contributed by atoms with Gasteiger partial charge < -0.3 is 19.3 Å². The van der Waals surface area contributed by atoms with Crippen LogP contribution in [0.25, 0.3) is 0 Å². The lowest BCUT2D eigenvalue weighted by molar-refractivity contribution is -0.221. The topological polar surface area (TPSA) is 82.1 Å². The summed E-state index contributed by atoms with van der Waals surface area (Å²) in [7, 11) is 0. The third-order valence-electron chi connectivity index (χ3n) is 2.21. The van der Waals surface area contributed by atoms with Gasteiger partial charge in [-0.15, -0.1) is 0 Å². The molecule has 92 valence electrons. The fraction of sp³-hybridized carbons (Fsp3) is 0.800. The largest absolute Gasteiger partial charge is 0.463 e. The Kier molecular flexibility index (Phi) is 4.70. The highest BCUT2D eigenvalue weighted by molar-refractivity contribution is 5.66. The molecular formula is C10H16O6. The predicted octanol–water partition coefficient (Wildman–Crippen LogP) is -0.0214. The summed E-state index contributed by atoms with van der Waals surface area (Å²) in [4.78, 5) is 21.5. The molecule has 1 aliphatic rings. The van der Waals surface area contributed by atoms with Crippen LogP contribution in [0.1, 0.15) is 26.7 Å². The number of aliphatic hydroxyl groups is 1. The molecule has 3 atom stereocenters. The van der Waals surface area contributed by atoms with E-state index in [1.54, 1.807) is 0 Å². The summed E-state index contributed by atoms with van der Waals surface area (Å²) in [6.07, 6.45) is -1.08. The zero-order chi connectivity index (χ0) is 12.1. The molecule has 1 rings (SSSR count). The van der Waals surface area contributed by atoms with Gasteiger partial charge in [0.15, 0.2) is 6.29 Å². The van der Waals surface area contributed by atoms with E-state index in [0.717, 1.165) is 0 Å². The molecule has 0 radical (unpaired) electrons. The molecule has 0 aliphatic carbocycles. The first-order valence-electron chi connectivity index (χ1n) is 5.13. The molecule has 1 heterocycles. The van der Waals surface area contributed by atoms with Crippen LogP contribution < -0.4 is 0 Å². The van der Waals surface area contributed by atoms with Gasteiger partial charge in [-0.1, -0.05) is 0 Å². The average molecular weight is 232 g/mol. The van der Waals surface area contributed by atoms with Crippen LogP contribution in [0.4, 0.5) is 0 Å². The van der Waals surface area contributed by atoms with Crippen LogP contribution in [-0.2, 0) is 23.8 Å². The van der Waals surface area contributed by atoms with Gasteiger partial charge in [-0.2, -0.15) is 0 Å². The molecule has 3 unspecified atom stereocenters. The Bertz CT molecular complexity index is 264. The monoisotopic (exact) mass is 232 g/mol. The second-order valence-corrected chi connectivity index (χ2v) is 3.66. The molecule has 0 saturated carbocycles. The number of ether oxygens (including phenoxy) is 3. The van der Waals surface area contributed by atoms with Crippen molar-refractivity contribution in [2.75, 3.05) is 6.61 Å². The van der Waals surface area contributed by atoms with Crippen molar-refractivity contribution in [3.8, 4) is 0 Å². The van der Waals surface area contributed by atoms with Gasteiger partial charge in [0.25, 0.3) is 0 Å². The zero-order valence-corrected chi connectivity index (χ0v) is 9.34. The third-order valence-corrected chi connectivity index (χ3v) is 2.21. The van der Waals surface area contributed by atoms with Gasteiger partial charge in [0.2, 0.25) is 0 Å². The summed E-state index contributed by atoms with van der Waals surface area (Å²) in [5, 5.41) is 9.29. The highest BCUT2D eigenvalue weighted by atomic mass is 16.6. The second-order valence-electron chi connectivity index (χ2n) is 3.66.